The Balaban J connectivity index is 2.29. The average molecular weight is 415 g/mol. The van der Waals surface area contributed by atoms with E-state index in [0.29, 0.717) is 31.4 Å². The summed E-state index contributed by atoms with van der Waals surface area (Å²) in [4.78, 5) is 16.4. The first-order valence-corrected chi connectivity index (χ1v) is 8.90. The van der Waals surface area contributed by atoms with Gasteiger partial charge in [0.2, 0.25) is 0 Å². The highest BCUT2D eigenvalue weighted by Gasteiger charge is 2.46. The van der Waals surface area contributed by atoms with Crippen LogP contribution in [0.3, 0.4) is 0 Å². The Labute approximate surface area is 150 Å². The Morgan fingerprint density at radius 3 is 2.74 bits per heavy atom. The lowest BCUT2D eigenvalue weighted by Crippen LogP contribution is -2.37. The first kappa shape index (κ1) is 16.6. The van der Waals surface area contributed by atoms with Gasteiger partial charge in [0.15, 0.2) is 3.92 Å². The molecule has 0 fully saturated rings. The third-order valence-corrected chi connectivity index (χ3v) is 5.90. The normalized spacial score (nSPS) is 25.4. The van der Waals surface area contributed by atoms with Crippen LogP contribution in [0.25, 0.3) is 0 Å². The quantitative estimate of drug-likeness (QED) is 0.729. The Morgan fingerprint density at radius 2 is 2.13 bits per heavy atom. The smallest absolute Gasteiger partial charge is 0.328 e. The van der Waals surface area contributed by atoms with E-state index < -0.39 is 11.6 Å². The number of carboxylic acids is 1. The van der Waals surface area contributed by atoms with Crippen LogP contribution >= 0.6 is 38.9 Å². The van der Waals surface area contributed by atoms with Crippen molar-refractivity contribution < 1.29 is 15.0 Å². The van der Waals surface area contributed by atoms with Crippen molar-refractivity contribution in [1.82, 2.24) is 4.98 Å². The number of halogens is 2. The van der Waals surface area contributed by atoms with Crippen molar-refractivity contribution >= 4 is 44.8 Å². The number of nitrogens with zero attached hydrogens (tertiary/aromatic N) is 1. The molecule has 1 heterocycles. The number of benzene rings is 1. The summed E-state index contributed by atoms with van der Waals surface area (Å²) >= 11 is 10.6. The van der Waals surface area contributed by atoms with Crippen molar-refractivity contribution in [2.45, 2.75) is 18.9 Å². The van der Waals surface area contributed by atoms with Gasteiger partial charge in [-0.1, -0.05) is 30.7 Å². The molecule has 0 bridgehead atoms. The Hall–Kier alpha value is -1.21. The zero-order chi connectivity index (χ0) is 16.8. The van der Waals surface area contributed by atoms with Gasteiger partial charge in [-0.25, -0.2) is 9.78 Å². The van der Waals surface area contributed by atoms with Crippen LogP contribution in [-0.2, 0) is 16.8 Å². The van der Waals surface area contributed by atoms with Crippen molar-refractivity contribution in [3.63, 3.8) is 0 Å². The van der Waals surface area contributed by atoms with Crippen molar-refractivity contribution in [3.8, 4) is 0 Å². The first-order chi connectivity index (χ1) is 10.8. The lowest BCUT2D eigenvalue weighted by molar-refractivity contribution is -0.131. The van der Waals surface area contributed by atoms with Gasteiger partial charge in [-0.05, 0) is 51.5 Å². The number of fused-ring (bicyclic) bond motifs is 1. The number of carboxylic acid groups (broad SMARTS) is 1. The van der Waals surface area contributed by atoms with Gasteiger partial charge in [0, 0.05) is 11.1 Å². The first-order valence-electron chi connectivity index (χ1n) is 6.91. The Morgan fingerprint density at radius 1 is 1.48 bits per heavy atom. The van der Waals surface area contributed by atoms with Crippen LogP contribution in [0, 0.1) is 5.92 Å². The van der Waals surface area contributed by atoms with Crippen molar-refractivity contribution in [2.75, 3.05) is 0 Å². The van der Waals surface area contributed by atoms with Gasteiger partial charge in [0.05, 0.1) is 10.6 Å². The van der Waals surface area contributed by atoms with Crippen molar-refractivity contribution in [3.05, 3.63) is 61.0 Å². The lowest BCUT2D eigenvalue weighted by atomic mass is 9.72. The Kier molecular flexibility index (Phi) is 4.35. The van der Waals surface area contributed by atoms with E-state index in [2.05, 4.69) is 20.9 Å². The molecule has 7 heteroatoms. The predicted molar refractivity (Wildman–Crippen MR) is 92.9 cm³/mol. The van der Waals surface area contributed by atoms with Crippen molar-refractivity contribution in [1.29, 1.82) is 0 Å². The predicted octanol–water partition coefficient (Wildman–Crippen LogP) is 4.00. The molecule has 120 valence electrons. The SMILES string of the molecule is CC1Cc2nc(Br)sc2C(O)(c2ccc(Cl)cc2)/C1=C\C(=O)O. The maximum atomic E-state index is 11.6. The number of hydrogen-bond acceptors (Lipinski definition) is 4. The Bertz CT molecular complexity index is 802. The number of aliphatic carboxylic acids is 1. The number of hydrogen-bond donors (Lipinski definition) is 2. The molecule has 0 radical (unpaired) electrons. The maximum absolute atomic E-state index is 11.6. The molecule has 23 heavy (non-hydrogen) atoms. The highest BCUT2D eigenvalue weighted by Crippen LogP contribution is 2.49. The van der Waals surface area contributed by atoms with Crippen LogP contribution in [0.5, 0.6) is 0 Å². The van der Waals surface area contributed by atoms with E-state index in [1.807, 2.05) is 6.92 Å². The number of thiazole rings is 1. The maximum Gasteiger partial charge on any atom is 0.328 e. The molecule has 2 atom stereocenters. The second-order valence-corrected chi connectivity index (χ2v) is 8.21. The van der Waals surface area contributed by atoms with Crippen molar-refractivity contribution in [2.24, 2.45) is 5.92 Å². The van der Waals surface area contributed by atoms with Gasteiger partial charge >= 0.3 is 5.97 Å². The molecule has 0 saturated carbocycles. The molecule has 0 spiro atoms. The molecule has 0 aliphatic heterocycles. The summed E-state index contributed by atoms with van der Waals surface area (Å²) in [5.41, 5.74) is 0.309. The molecule has 4 nitrogen and oxygen atoms in total. The molecule has 3 rings (SSSR count). The minimum Gasteiger partial charge on any atom is -0.478 e. The number of carbonyl (C=O) groups is 1. The second kappa shape index (κ2) is 6.02. The summed E-state index contributed by atoms with van der Waals surface area (Å²) in [6.07, 6.45) is 1.70. The van der Waals surface area contributed by atoms with E-state index in [1.165, 1.54) is 11.3 Å². The standard InChI is InChI=1S/C16H13BrClNO3S/c1-8-6-12-14(23-15(17)19-12)16(22,11(8)7-13(20)21)9-2-4-10(18)5-3-9/h2-5,7-8,22H,6H2,1H3,(H,20,21)/b11-7-. The second-order valence-electron chi connectivity index (χ2n) is 5.50. The molecular weight excluding hydrogens is 402 g/mol. The fourth-order valence-electron chi connectivity index (χ4n) is 3.00. The summed E-state index contributed by atoms with van der Waals surface area (Å²) in [5, 5.41) is 21.3. The monoisotopic (exact) mass is 413 g/mol. The summed E-state index contributed by atoms with van der Waals surface area (Å²) in [5.74, 6) is -1.22. The van der Waals surface area contributed by atoms with E-state index in [0.717, 1.165) is 11.8 Å². The summed E-state index contributed by atoms with van der Waals surface area (Å²) < 4.78 is 0.665. The highest BCUT2D eigenvalue weighted by molar-refractivity contribution is 9.11. The summed E-state index contributed by atoms with van der Waals surface area (Å²) in [7, 11) is 0. The topological polar surface area (TPSA) is 70.4 Å². The molecular formula is C16H13BrClNO3S. The van der Waals surface area contributed by atoms with Gasteiger partial charge in [-0.15, -0.1) is 11.3 Å². The summed E-state index contributed by atoms with van der Waals surface area (Å²) in [6.45, 7) is 1.89. The van der Waals surface area contributed by atoms with E-state index in [4.69, 9.17) is 11.6 Å². The van der Waals surface area contributed by atoms with Gasteiger partial charge in [-0.2, -0.15) is 0 Å². The minimum atomic E-state index is -1.51. The fraction of sp³-hybridized carbons (Fsp3) is 0.250. The van der Waals surface area contributed by atoms with E-state index in [-0.39, 0.29) is 5.92 Å². The molecule has 0 saturated heterocycles. The van der Waals surface area contributed by atoms with Gasteiger partial charge < -0.3 is 10.2 Å². The van der Waals surface area contributed by atoms with E-state index in [1.54, 1.807) is 24.3 Å². The summed E-state index contributed by atoms with van der Waals surface area (Å²) in [6, 6.07) is 6.80. The zero-order valence-electron chi connectivity index (χ0n) is 12.1. The molecule has 2 N–H and O–H groups in total. The van der Waals surface area contributed by atoms with E-state index in [9.17, 15) is 15.0 Å². The van der Waals surface area contributed by atoms with Crippen LogP contribution in [-0.4, -0.2) is 21.2 Å². The number of rotatable bonds is 2. The highest BCUT2D eigenvalue weighted by atomic mass is 79.9. The molecule has 1 aliphatic rings. The molecule has 1 aliphatic carbocycles. The average Bonchev–Trinajstić information content (AvgIpc) is 2.85. The van der Waals surface area contributed by atoms with Gasteiger partial charge in [0.25, 0.3) is 0 Å². The third-order valence-electron chi connectivity index (χ3n) is 3.99. The van der Waals surface area contributed by atoms with E-state index >= 15 is 0 Å². The molecule has 0 amide bonds. The zero-order valence-corrected chi connectivity index (χ0v) is 15.2. The van der Waals surface area contributed by atoms with Gasteiger partial charge in [-0.3, -0.25) is 0 Å². The number of aliphatic hydroxyl groups is 1. The van der Waals surface area contributed by atoms with Crippen LogP contribution in [0.2, 0.25) is 5.02 Å². The van der Waals surface area contributed by atoms with Gasteiger partial charge in [0.1, 0.15) is 5.60 Å². The largest absolute Gasteiger partial charge is 0.478 e. The molecule has 2 unspecified atom stereocenters. The third kappa shape index (κ3) is 2.85. The minimum absolute atomic E-state index is 0.145. The lowest BCUT2D eigenvalue weighted by Gasteiger charge is -2.38. The molecule has 1 aromatic carbocycles. The van der Waals surface area contributed by atoms with Crippen LogP contribution < -0.4 is 0 Å². The molecule has 2 aromatic rings. The number of aromatic nitrogens is 1. The molecule has 1 aromatic heterocycles. The van der Waals surface area contributed by atoms with Crippen LogP contribution in [0.15, 0.2) is 39.8 Å². The van der Waals surface area contributed by atoms with Crippen LogP contribution in [0.1, 0.15) is 23.1 Å². The van der Waals surface area contributed by atoms with Crippen LogP contribution in [0.4, 0.5) is 0 Å². The fourth-order valence-corrected chi connectivity index (χ4v) is 4.78.